The van der Waals surface area contributed by atoms with E-state index >= 15 is 0 Å². The number of hydrogen-bond acceptors (Lipinski definition) is 1. The molecule has 0 radical (unpaired) electrons. The number of nitrogens with two attached hydrogens (primary N) is 1. The third-order valence-electron chi connectivity index (χ3n) is 2.13. The number of nitrogen functional groups attached to an aromatic ring is 1. The van der Waals surface area contributed by atoms with Crippen LogP contribution in [-0.4, -0.2) is 0 Å². The molecule has 3 heteroatoms. The molecule has 0 saturated carbocycles. The molecule has 0 unspecified atom stereocenters. The molecule has 0 amide bonds. The van der Waals surface area contributed by atoms with Gasteiger partial charge in [-0.2, -0.15) is 0 Å². The highest BCUT2D eigenvalue weighted by Crippen LogP contribution is 2.30. The van der Waals surface area contributed by atoms with Crippen LogP contribution in [0.3, 0.4) is 0 Å². The number of anilines is 1. The highest BCUT2D eigenvalue weighted by atomic mass is 79.9. The van der Waals surface area contributed by atoms with E-state index in [-0.39, 0.29) is 0 Å². The lowest BCUT2D eigenvalue weighted by Gasteiger charge is -2.06. The molecule has 0 atom stereocenters. The smallest absolute Gasteiger partial charge is 0.0423 e. The summed E-state index contributed by atoms with van der Waals surface area (Å²) >= 11 is 9.39. The molecule has 0 spiro atoms. The molecule has 2 rings (SSSR count). The second-order valence-corrected chi connectivity index (χ2v) is 4.60. The summed E-state index contributed by atoms with van der Waals surface area (Å²) in [6.45, 7) is 0. The van der Waals surface area contributed by atoms with Crippen LogP contribution in [0.2, 0.25) is 5.02 Å². The van der Waals surface area contributed by atoms with E-state index in [1.807, 2.05) is 42.5 Å². The van der Waals surface area contributed by atoms with Gasteiger partial charge in [-0.3, -0.25) is 0 Å². The van der Waals surface area contributed by atoms with Gasteiger partial charge in [-0.05, 0) is 29.8 Å². The number of halogens is 2. The van der Waals surface area contributed by atoms with Gasteiger partial charge in [-0.1, -0.05) is 45.7 Å². The van der Waals surface area contributed by atoms with Crippen LogP contribution in [0.5, 0.6) is 0 Å². The molecule has 2 aromatic carbocycles. The third-order valence-corrected chi connectivity index (χ3v) is 2.81. The predicted octanol–water partition coefficient (Wildman–Crippen LogP) is 4.35. The average Bonchev–Trinajstić information content (AvgIpc) is 2.16. The van der Waals surface area contributed by atoms with Crippen molar-refractivity contribution in [2.75, 3.05) is 5.73 Å². The summed E-state index contributed by atoms with van der Waals surface area (Å²) in [5.74, 6) is 0. The summed E-state index contributed by atoms with van der Waals surface area (Å²) < 4.78 is 0.952. The third kappa shape index (κ3) is 2.33. The first-order chi connectivity index (χ1) is 7.16. The Morgan fingerprint density at radius 3 is 2.47 bits per heavy atom. The summed E-state index contributed by atoms with van der Waals surface area (Å²) in [5.41, 5.74) is 8.67. The molecule has 0 bridgehead atoms. The van der Waals surface area contributed by atoms with Crippen molar-refractivity contribution in [3.05, 3.63) is 52.0 Å². The molecule has 1 nitrogen and oxygen atoms in total. The minimum Gasteiger partial charge on any atom is -0.398 e. The first-order valence-corrected chi connectivity index (χ1v) is 5.65. The topological polar surface area (TPSA) is 26.0 Å². The van der Waals surface area contributed by atoms with Gasteiger partial charge in [0.1, 0.15) is 0 Å². The van der Waals surface area contributed by atoms with Crippen LogP contribution in [0.15, 0.2) is 46.9 Å². The molecule has 0 saturated heterocycles. The fourth-order valence-electron chi connectivity index (χ4n) is 1.47. The Balaban J connectivity index is 2.59. The Labute approximate surface area is 102 Å². The maximum atomic E-state index is 5.98. The molecule has 15 heavy (non-hydrogen) atoms. The molecule has 0 fully saturated rings. The van der Waals surface area contributed by atoms with Gasteiger partial charge in [0.05, 0.1) is 0 Å². The van der Waals surface area contributed by atoms with E-state index in [4.69, 9.17) is 17.3 Å². The SMILES string of the molecule is Nc1ccccc1-c1cc(Cl)cc(Br)c1. The van der Waals surface area contributed by atoms with Crippen LogP contribution in [0.1, 0.15) is 0 Å². The lowest BCUT2D eigenvalue weighted by molar-refractivity contribution is 1.58. The molecule has 76 valence electrons. The zero-order valence-corrected chi connectivity index (χ0v) is 10.2. The van der Waals surface area contributed by atoms with Gasteiger partial charge in [0, 0.05) is 20.7 Å². The standard InChI is InChI=1S/C12H9BrClN/c13-9-5-8(6-10(14)7-9)11-3-1-2-4-12(11)15/h1-7H,15H2. The summed E-state index contributed by atoms with van der Waals surface area (Å²) in [6, 6.07) is 13.5. The van der Waals surface area contributed by atoms with Crippen molar-refractivity contribution in [2.45, 2.75) is 0 Å². The highest BCUT2D eigenvalue weighted by molar-refractivity contribution is 9.10. The lowest BCUT2D eigenvalue weighted by atomic mass is 10.0. The van der Waals surface area contributed by atoms with Crippen LogP contribution < -0.4 is 5.73 Å². The van der Waals surface area contributed by atoms with Gasteiger partial charge in [0.2, 0.25) is 0 Å². The van der Waals surface area contributed by atoms with E-state index in [0.717, 1.165) is 21.3 Å². The Bertz CT molecular complexity index is 476. The zero-order chi connectivity index (χ0) is 10.8. The molecule has 0 aromatic heterocycles. The monoisotopic (exact) mass is 281 g/mol. The van der Waals surface area contributed by atoms with Crippen molar-refractivity contribution in [1.29, 1.82) is 0 Å². The van der Waals surface area contributed by atoms with Crippen LogP contribution in [0.4, 0.5) is 5.69 Å². The van der Waals surface area contributed by atoms with E-state index < -0.39 is 0 Å². The number of para-hydroxylation sites is 1. The van der Waals surface area contributed by atoms with Crippen molar-refractivity contribution >= 4 is 33.2 Å². The molecular weight excluding hydrogens is 273 g/mol. The average molecular weight is 283 g/mol. The van der Waals surface area contributed by atoms with Crippen LogP contribution in [0.25, 0.3) is 11.1 Å². The quantitative estimate of drug-likeness (QED) is 0.773. The second-order valence-electron chi connectivity index (χ2n) is 3.25. The minimum absolute atomic E-state index is 0.697. The minimum atomic E-state index is 0.697. The van der Waals surface area contributed by atoms with Crippen molar-refractivity contribution in [2.24, 2.45) is 0 Å². The summed E-state index contributed by atoms with van der Waals surface area (Å²) in [7, 11) is 0. The van der Waals surface area contributed by atoms with Crippen LogP contribution in [-0.2, 0) is 0 Å². The number of rotatable bonds is 1. The largest absolute Gasteiger partial charge is 0.398 e. The summed E-state index contributed by atoms with van der Waals surface area (Å²) in [6.07, 6.45) is 0. The fraction of sp³-hybridized carbons (Fsp3) is 0. The van der Waals surface area contributed by atoms with E-state index in [0.29, 0.717) is 5.02 Å². The van der Waals surface area contributed by atoms with Gasteiger partial charge in [-0.25, -0.2) is 0 Å². The van der Waals surface area contributed by atoms with E-state index in [9.17, 15) is 0 Å². The Morgan fingerprint density at radius 1 is 1.07 bits per heavy atom. The lowest BCUT2D eigenvalue weighted by Crippen LogP contribution is -1.89. The molecule has 2 N–H and O–H groups in total. The zero-order valence-electron chi connectivity index (χ0n) is 7.87. The Kier molecular flexibility index (Phi) is 2.98. The van der Waals surface area contributed by atoms with Crippen LogP contribution >= 0.6 is 27.5 Å². The molecule has 2 aromatic rings. The van der Waals surface area contributed by atoms with Gasteiger partial charge >= 0.3 is 0 Å². The van der Waals surface area contributed by atoms with Gasteiger partial charge < -0.3 is 5.73 Å². The van der Waals surface area contributed by atoms with Crippen molar-refractivity contribution in [3.8, 4) is 11.1 Å². The van der Waals surface area contributed by atoms with Gasteiger partial charge in [-0.15, -0.1) is 0 Å². The van der Waals surface area contributed by atoms with Crippen LogP contribution in [0, 0.1) is 0 Å². The van der Waals surface area contributed by atoms with Gasteiger partial charge in [0.25, 0.3) is 0 Å². The number of benzene rings is 2. The Morgan fingerprint density at radius 2 is 1.80 bits per heavy atom. The maximum absolute atomic E-state index is 5.98. The molecule has 0 heterocycles. The molecule has 0 aliphatic carbocycles. The maximum Gasteiger partial charge on any atom is 0.0423 e. The van der Waals surface area contributed by atoms with Crippen molar-refractivity contribution in [1.82, 2.24) is 0 Å². The normalized spacial score (nSPS) is 10.3. The first-order valence-electron chi connectivity index (χ1n) is 4.48. The molecule has 0 aliphatic rings. The van der Waals surface area contributed by atoms with E-state index in [1.54, 1.807) is 0 Å². The van der Waals surface area contributed by atoms with Crippen molar-refractivity contribution < 1.29 is 0 Å². The predicted molar refractivity (Wildman–Crippen MR) is 69.0 cm³/mol. The van der Waals surface area contributed by atoms with E-state index in [2.05, 4.69) is 15.9 Å². The summed E-state index contributed by atoms with van der Waals surface area (Å²) in [4.78, 5) is 0. The highest BCUT2D eigenvalue weighted by Gasteiger charge is 2.03. The molecular formula is C12H9BrClN. The van der Waals surface area contributed by atoms with E-state index in [1.165, 1.54) is 0 Å². The van der Waals surface area contributed by atoms with Crippen molar-refractivity contribution in [3.63, 3.8) is 0 Å². The second kappa shape index (κ2) is 4.25. The first kappa shape index (κ1) is 10.5. The Hall–Kier alpha value is -0.990. The van der Waals surface area contributed by atoms with Gasteiger partial charge in [0.15, 0.2) is 0 Å². The molecule has 0 aliphatic heterocycles. The fourth-order valence-corrected chi connectivity index (χ4v) is 2.33. The number of hydrogen-bond donors (Lipinski definition) is 1. The summed E-state index contributed by atoms with van der Waals surface area (Å²) in [5, 5.41) is 0.697.